The van der Waals surface area contributed by atoms with Gasteiger partial charge in [0, 0.05) is 5.33 Å². The molecule has 1 aromatic carbocycles. The molecule has 0 heterocycles. The summed E-state index contributed by atoms with van der Waals surface area (Å²) in [4.78, 5) is 0. The molecule has 5 heteroatoms. The van der Waals surface area contributed by atoms with Crippen molar-refractivity contribution in [1.82, 2.24) is 0 Å². The van der Waals surface area contributed by atoms with Gasteiger partial charge in [-0.05, 0) is 18.6 Å². The van der Waals surface area contributed by atoms with E-state index in [1.807, 2.05) is 12.1 Å². The molecule has 0 amide bonds. The lowest BCUT2D eigenvalue weighted by Gasteiger charge is -2.04. The molecule has 14 heavy (non-hydrogen) atoms. The lowest BCUT2D eigenvalue weighted by atomic mass is 9.97. The van der Waals surface area contributed by atoms with E-state index in [0.717, 1.165) is 24.1 Å². The Kier molecular flexibility index (Phi) is 10.3. The van der Waals surface area contributed by atoms with Gasteiger partial charge in [0.2, 0.25) is 0 Å². The van der Waals surface area contributed by atoms with Crippen LogP contribution in [0.2, 0.25) is 0 Å². The molecule has 0 saturated heterocycles. The normalized spacial score (nSPS) is 8.36. The average molecular weight is 263 g/mol. The Morgan fingerprint density at radius 1 is 1.14 bits per heavy atom. The molecule has 0 atom stereocenters. The third-order valence-corrected chi connectivity index (χ3v) is 2.13. The van der Waals surface area contributed by atoms with Gasteiger partial charge >= 0.3 is 0 Å². The highest BCUT2D eigenvalue weighted by Crippen LogP contribution is 2.07. The maximum absolute atomic E-state index is 5.47. The minimum absolute atomic E-state index is 0. The van der Waals surface area contributed by atoms with Crippen LogP contribution < -0.4 is 10.2 Å². The standard InChI is InChI=1S/C9H12BBrO.2H2O/c10-8-2-4-9(5-3-8)12-7-1-6-11;;/h2-5H,1,6-7,10H2;2*1H2. The monoisotopic (exact) mass is 262 g/mol. The maximum Gasteiger partial charge on any atom is 0.139 e. The maximum atomic E-state index is 5.47. The molecule has 0 aliphatic rings. The fraction of sp³-hybridized carbons (Fsp3) is 0.333. The lowest BCUT2D eigenvalue weighted by molar-refractivity contribution is 0.319. The van der Waals surface area contributed by atoms with Crippen LogP contribution in [0.5, 0.6) is 5.75 Å². The van der Waals surface area contributed by atoms with Crippen molar-refractivity contribution in [2.45, 2.75) is 6.42 Å². The van der Waals surface area contributed by atoms with Crippen molar-refractivity contribution in [2.75, 3.05) is 11.9 Å². The predicted molar refractivity (Wildman–Crippen MR) is 65.8 cm³/mol. The SMILES string of the molecule is Bc1ccc(OCCCBr)cc1.O.O. The van der Waals surface area contributed by atoms with Crippen LogP contribution in [0.3, 0.4) is 0 Å². The van der Waals surface area contributed by atoms with Crippen LogP contribution in [0.1, 0.15) is 6.42 Å². The summed E-state index contributed by atoms with van der Waals surface area (Å²) in [5, 5.41) is 0.999. The van der Waals surface area contributed by atoms with Crippen molar-refractivity contribution in [2.24, 2.45) is 0 Å². The molecule has 0 saturated carbocycles. The highest BCUT2D eigenvalue weighted by molar-refractivity contribution is 9.09. The summed E-state index contributed by atoms with van der Waals surface area (Å²) in [7, 11) is 2.07. The van der Waals surface area contributed by atoms with E-state index in [2.05, 4.69) is 35.9 Å². The zero-order valence-electron chi connectivity index (χ0n) is 8.22. The number of alkyl halides is 1. The quantitative estimate of drug-likeness (QED) is 0.408. The van der Waals surface area contributed by atoms with Gasteiger partial charge in [-0.2, -0.15) is 0 Å². The Labute approximate surface area is 93.6 Å². The summed E-state index contributed by atoms with van der Waals surface area (Å²) in [6, 6.07) is 8.13. The molecule has 0 unspecified atom stereocenters. The lowest BCUT2D eigenvalue weighted by Crippen LogP contribution is -2.02. The van der Waals surface area contributed by atoms with Gasteiger partial charge in [0.1, 0.15) is 13.6 Å². The molecular weight excluding hydrogens is 247 g/mol. The molecule has 4 N–H and O–H groups in total. The minimum atomic E-state index is 0. The Balaban J connectivity index is 0. The number of benzene rings is 1. The second kappa shape index (κ2) is 9.06. The highest BCUT2D eigenvalue weighted by Gasteiger charge is 1.91. The van der Waals surface area contributed by atoms with Gasteiger partial charge in [-0.25, -0.2) is 0 Å². The van der Waals surface area contributed by atoms with E-state index in [-0.39, 0.29) is 11.0 Å². The summed E-state index contributed by atoms with van der Waals surface area (Å²) < 4.78 is 5.47. The van der Waals surface area contributed by atoms with Crippen molar-refractivity contribution < 1.29 is 15.7 Å². The van der Waals surface area contributed by atoms with Gasteiger partial charge < -0.3 is 15.7 Å². The van der Waals surface area contributed by atoms with Crippen molar-refractivity contribution >= 4 is 29.2 Å². The van der Waals surface area contributed by atoms with E-state index in [1.165, 1.54) is 5.46 Å². The summed E-state index contributed by atoms with van der Waals surface area (Å²) in [5.41, 5.74) is 1.27. The third kappa shape index (κ3) is 6.02. The van der Waals surface area contributed by atoms with E-state index in [4.69, 9.17) is 4.74 Å². The summed E-state index contributed by atoms with van der Waals surface area (Å²) >= 11 is 3.35. The number of hydrogen-bond donors (Lipinski definition) is 0. The van der Waals surface area contributed by atoms with Crippen LogP contribution in [-0.4, -0.2) is 30.7 Å². The fourth-order valence-electron chi connectivity index (χ4n) is 0.879. The van der Waals surface area contributed by atoms with Crippen LogP contribution in [0.15, 0.2) is 24.3 Å². The van der Waals surface area contributed by atoms with Gasteiger partial charge in [-0.1, -0.05) is 33.5 Å². The zero-order valence-corrected chi connectivity index (χ0v) is 9.80. The Hall–Kier alpha value is -0.515. The fourth-order valence-corrected chi connectivity index (χ4v) is 1.11. The first-order valence-electron chi connectivity index (χ1n) is 4.08. The molecule has 0 spiro atoms. The predicted octanol–water partition coefficient (Wildman–Crippen LogP) is -0.541. The zero-order chi connectivity index (χ0) is 8.81. The summed E-state index contributed by atoms with van der Waals surface area (Å²) in [6.07, 6.45) is 1.05. The smallest absolute Gasteiger partial charge is 0.139 e. The molecule has 3 nitrogen and oxygen atoms in total. The molecular formula is C9H16BBrO3. The molecule has 0 radical (unpaired) electrons. The minimum Gasteiger partial charge on any atom is -0.494 e. The molecule has 1 aromatic rings. The van der Waals surface area contributed by atoms with E-state index in [1.54, 1.807) is 0 Å². The van der Waals surface area contributed by atoms with Crippen molar-refractivity contribution in [1.29, 1.82) is 0 Å². The van der Waals surface area contributed by atoms with Crippen LogP contribution in [0, 0.1) is 0 Å². The van der Waals surface area contributed by atoms with Gasteiger partial charge in [-0.15, -0.1) is 0 Å². The Bertz CT molecular complexity index is 228. The first-order chi connectivity index (χ1) is 5.83. The summed E-state index contributed by atoms with van der Waals surface area (Å²) in [5.74, 6) is 0.960. The summed E-state index contributed by atoms with van der Waals surface area (Å²) in [6.45, 7) is 0.786. The highest BCUT2D eigenvalue weighted by atomic mass is 79.9. The molecule has 0 fully saturated rings. The van der Waals surface area contributed by atoms with Gasteiger partial charge in [0.25, 0.3) is 0 Å². The van der Waals surface area contributed by atoms with Crippen molar-refractivity contribution in [3.63, 3.8) is 0 Å². The number of hydrogen-bond acceptors (Lipinski definition) is 1. The topological polar surface area (TPSA) is 72.2 Å². The van der Waals surface area contributed by atoms with Crippen LogP contribution in [-0.2, 0) is 0 Å². The van der Waals surface area contributed by atoms with E-state index >= 15 is 0 Å². The number of ether oxygens (including phenoxy) is 1. The molecule has 80 valence electrons. The first kappa shape index (κ1) is 15.9. The van der Waals surface area contributed by atoms with Crippen molar-refractivity contribution in [3.8, 4) is 5.75 Å². The second-order valence-electron chi connectivity index (χ2n) is 2.70. The number of halogens is 1. The Morgan fingerprint density at radius 2 is 1.71 bits per heavy atom. The van der Waals surface area contributed by atoms with Gasteiger partial charge in [0.05, 0.1) is 6.61 Å². The molecule has 0 aliphatic heterocycles. The Morgan fingerprint density at radius 3 is 2.21 bits per heavy atom. The van der Waals surface area contributed by atoms with Crippen LogP contribution in [0.25, 0.3) is 0 Å². The second-order valence-corrected chi connectivity index (χ2v) is 3.50. The third-order valence-electron chi connectivity index (χ3n) is 1.57. The van der Waals surface area contributed by atoms with Gasteiger partial charge in [-0.3, -0.25) is 0 Å². The average Bonchev–Trinajstić information content (AvgIpc) is 2.09. The van der Waals surface area contributed by atoms with Crippen LogP contribution in [0.4, 0.5) is 0 Å². The van der Waals surface area contributed by atoms with Crippen LogP contribution >= 0.6 is 15.9 Å². The molecule has 0 bridgehead atoms. The van der Waals surface area contributed by atoms with E-state index in [0.29, 0.717) is 0 Å². The molecule has 0 aromatic heterocycles. The molecule has 0 aliphatic carbocycles. The first-order valence-corrected chi connectivity index (χ1v) is 5.20. The van der Waals surface area contributed by atoms with Gasteiger partial charge in [0.15, 0.2) is 0 Å². The molecule has 1 rings (SSSR count). The number of rotatable bonds is 4. The van der Waals surface area contributed by atoms with E-state index in [9.17, 15) is 0 Å². The van der Waals surface area contributed by atoms with E-state index < -0.39 is 0 Å². The largest absolute Gasteiger partial charge is 0.494 e. The van der Waals surface area contributed by atoms with Crippen molar-refractivity contribution in [3.05, 3.63) is 24.3 Å².